The molecule has 30 heavy (non-hydrogen) atoms. The molecule has 2 saturated heterocycles. The summed E-state index contributed by atoms with van der Waals surface area (Å²) in [4.78, 5) is 19.1. The number of nitrogens with one attached hydrogen (secondary N) is 1. The first-order valence-corrected chi connectivity index (χ1v) is 12.3. The summed E-state index contributed by atoms with van der Waals surface area (Å²) in [6, 6.07) is 8.42. The van der Waals surface area contributed by atoms with Crippen molar-refractivity contribution < 1.29 is 13.2 Å². The van der Waals surface area contributed by atoms with E-state index in [0.29, 0.717) is 48.1 Å². The van der Waals surface area contributed by atoms with E-state index in [1.807, 2.05) is 6.07 Å². The molecule has 0 aromatic carbocycles. The summed E-state index contributed by atoms with van der Waals surface area (Å²) in [6.07, 6.45) is 4.32. The number of anilines is 1. The molecule has 0 spiro atoms. The lowest BCUT2D eigenvalue weighted by Crippen LogP contribution is -2.51. The molecule has 2 aliphatic rings. The van der Waals surface area contributed by atoms with Gasteiger partial charge in [0.1, 0.15) is 22.1 Å². The van der Waals surface area contributed by atoms with E-state index in [4.69, 9.17) is 5.26 Å². The van der Waals surface area contributed by atoms with Gasteiger partial charge in [-0.2, -0.15) is 9.57 Å². The lowest BCUT2D eigenvalue weighted by molar-refractivity contribution is -0.135. The zero-order valence-corrected chi connectivity index (χ0v) is 18.0. The highest BCUT2D eigenvalue weighted by Gasteiger charge is 2.42. The van der Waals surface area contributed by atoms with Crippen LogP contribution in [0.15, 0.2) is 40.1 Å². The summed E-state index contributed by atoms with van der Waals surface area (Å²) >= 11 is 1.18. The Morgan fingerprint density at radius 3 is 2.63 bits per heavy atom. The average molecular weight is 446 g/mol. The maximum absolute atomic E-state index is 13.1. The third-order valence-electron chi connectivity index (χ3n) is 5.60. The predicted octanol–water partition coefficient (Wildman–Crippen LogP) is 2.27. The maximum atomic E-state index is 13.1. The van der Waals surface area contributed by atoms with E-state index < -0.39 is 16.1 Å². The molecule has 1 unspecified atom stereocenters. The van der Waals surface area contributed by atoms with Gasteiger partial charge in [-0.15, -0.1) is 11.3 Å². The van der Waals surface area contributed by atoms with E-state index in [1.54, 1.807) is 34.5 Å². The molecule has 1 N–H and O–H groups in total. The van der Waals surface area contributed by atoms with Crippen molar-refractivity contribution in [2.24, 2.45) is 0 Å². The van der Waals surface area contributed by atoms with Crippen LogP contribution >= 0.6 is 11.3 Å². The second kappa shape index (κ2) is 8.71. The number of nitriles is 1. The minimum Gasteiger partial charge on any atom is -0.367 e. The Bertz CT molecular complexity index is 1020. The number of aromatic nitrogens is 1. The molecule has 0 bridgehead atoms. The molecule has 2 fully saturated rings. The molecule has 1 amide bonds. The second-order valence-corrected chi connectivity index (χ2v) is 10.6. The minimum atomic E-state index is -3.62. The number of likely N-dealkylation sites (tertiary alicyclic amines) is 1. The number of hydrogen-bond donors (Lipinski definition) is 1. The van der Waals surface area contributed by atoms with Gasteiger partial charge in [-0.1, -0.05) is 6.07 Å². The van der Waals surface area contributed by atoms with Gasteiger partial charge in [0.15, 0.2) is 0 Å². The number of sulfonamides is 1. The van der Waals surface area contributed by atoms with Crippen LogP contribution in [0.1, 0.15) is 31.2 Å². The van der Waals surface area contributed by atoms with E-state index in [1.165, 1.54) is 21.8 Å². The number of carbonyl (C=O) groups excluding carboxylic acids is 1. The first-order valence-electron chi connectivity index (χ1n) is 9.96. The number of pyridine rings is 1. The van der Waals surface area contributed by atoms with Crippen LogP contribution in [0, 0.1) is 11.3 Å². The molecule has 2 aliphatic heterocycles. The molecule has 10 heteroatoms. The van der Waals surface area contributed by atoms with Gasteiger partial charge < -0.3 is 10.2 Å². The number of carbonyl (C=O) groups is 1. The monoisotopic (exact) mass is 445 g/mol. The van der Waals surface area contributed by atoms with Crippen molar-refractivity contribution in [3.05, 3.63) is 41.4 Å². The smallest absolute Gasteiger partial charge is 0.253 e. The fourth-order valence-electron chi connectivity index (χ4n) is 4.01. The highest BCUT2D eigenvalue weighted by molar-refractivity contribution is 7.91. The molecule has 4 heterocycles. The van der Waals surface area contributed by atoms with Gasteiger partial charge in [0.2, 0.25) is 5.91 Å². The van der Waals surface area contributed by atoms with Crippen LogP contribution in [-0.2, 0) is 14.8 Å². The Morgan fingerprint density at radius 1 is 1.20 bits per heavy atom. The molecule has 0 radical (unpaired) electrons. The van der Waals surface area contributed by atoms with Gasteiger partial charge in [0.25, 0.3) is 10.0 Å². The zero-order valence-electron chi connectivity index (χ0n) is 16.4. The minimum absolute atomic E-state index is 0.0948. The Morgan fingerprint density at radius 2 is 2.00 bits per heavy atom. The van der Waals surface area contributed by atoms with Gasteiger partial charge >= 0.3 is 0 Å². The molecule has 0 aliphatic carbocycles. The Hall–Kier alpha value is -2.48. The van der Waals surface area contributed by atoms with Crippen LogP contribution < -0.4 is 5.32 Å². The van der Waals surface area contributed by atoms with Gasteiger partial charge in [0, 0.05) is 31.9 Å². The van der Waals surface area contributed by atoms with Crippen molar-refractivity contribution >= 4 is 33.1 Å². The molecule has 4 rings (SSSR count). The van der Waals surface area contributed by atoms with Gasteiger partial charge in [-0.25, -0.2) is 13.4 Å². The number of nitrogens with zero attached hydrogens (tertiary/aromatic N) is 4. The van der Waals surface area contributed by atoms with Gasteiger partial charge in [-0.05, 0) is 49.3 Å². The number of piperidine rings is 1. The highest BCUT2D eigenvalue weighted by atomic mass is 32.2. The van der Waals surface area contributed by atoms with Gasteiger partial charge in [-0.3, -0.25) is 4.79 Å². The summed E-state index contributed by atoms with van der Waals surface area (Å²) < 4.78 is 27.5. The summed E-state index contributed by atoms with van der Waals surface area (Å²) in [5.41, 5.74) is 0.514. The highest BCUT2D eigenvalue weighted by Crippen LogP contribution is 2.30. The lowest BCUT2D eigenvalue weighted by atomic mass is 10.0. The normalized spacial score (nSPS) is 20.8. The summed E-state index contributed by atoms with van der Waals surface area (Å²) in [5.74, 6) is 0.616. The van der Waals surface area contributed by atoms with Crippen molar-refractivity contribution in [1.82, 2.24) is 14.2 Å². The molecule has 1 atom stereocenters. The average Bonchev–Trinajstić information content (AvgIpc) is 3.47. The quantitative estimate of drug-likeness (QED) is 0.757. The van der Waals surface area contributed by atoms with Crippen LogP contribution in [0.5, 0.6) is 0 Å². The SMILES string of the molecule is N#Cc1ccc(NC2CCN(C(=O)C3CCCN3S(=O)(=O)c3cccs3)CC2)nc1. The number of amides is 1. The standard InChI is InChI=1S/C20H23N5O3S2/c21-13-15-5-6-18(22-14-15)23-16-7-10-24(11-8-16)20(26)17-3-1-9-25(17)30(27,28)19-4-2-12-29-19/h2,4-6,12,14,16-17H,1,3,7-11H2,(H,22,23). The Balaban J connectivity index is 1.36. The van der Waals surface area contributed by atoms with Crippen LogP contribution in [-0.4, -0.2) is 60.2 Å². The Labute approximate surface area is 180 Å². The van der Waals surface area contributed by atoms with Crippen LogP contribution in [0.4, 0.5) is 5.82 Å². The van der Waals surface area contributed by atoms with Crippen molar-refractivity contribution in [1.29, 1.82) is 5.26 Å². The van der Waals surface area contributed by atoms with E-state index in [0.717, 1.165) is 12.8 Å². The first kappa shape index (κ1) is 20.8. The molecule has 158 valence electrons. The van der Waals surface area contributed by atoms with E-state index in [2.05, 4.69) is 10.3 Å². The summed E-state index contributed by atoms with van der Waals surface area (Å²) in [6.45, 7) is 1.55. The van der Waals surface area contributed by atoms with Crippen molar-refractivity contribution in [3.8, 4) is 6.07 Å². The topological polar surface area (TPSA) is 106 Å². The van der Waals surface area contributed by atoms with Crippen LogP contribution in [0.2, 0.25) is 0 Å². The molecule has 0 saturated carbocycles. The van der Waals surface area contributed by atoms with Crippen molar-refractivity contribution in [2.75, 3.05) is 25.0 Å². The molecule has 2 aromatic heterocycles. The summed E-state index contributed by atoms with van der Waals surface area (Å²) in [5, 5.41) is 13.9. The number of thiophene rings is 1. The number of rotatable bonds is 5. The second-order valence-electron chi connectivity index (χ2n) is 7.49. The molecular weight excluding hydrogens is 422 g/mol. The fraction of sp³-hybridized carbons (Fsp3) is 0.450. The molecular formula is C20H23N5O3S2. The number of hydrogen-bond acceptors (Lipinski definition) is 7. The van der Waals surface area contributed by atoms with Gasteiger partial charge in [0.05, 0.1) is 5.56 Å². The van der Waals surface area contributed by atoms with Crippen LogP contribution in [0.25, 0.3) is 0 Å². The molecule has 2 aromatic rings. The predicted molar refractivity (Wildman–Crippen MR) is 113 cm³/mol. The van der Waals surface area contributed by atoms with Crippen LogP contribution in [0.3, 0.4) is 0 Å². The zero-order chi connectivity index (χ0) is 21.1. The van der Waals surface area contributed by atoms with E-state index in [9.17, 15) is 13.2 Å². The van der Waals surface area contributed by atoms with E-state index >= 15 is 0 Å². The first-order chi connectivity index (χ1) is 14.5. The fourth-order valence-corrected chi connectivity index (χ4v) is 6.78. The van der Waals surface area contributed by atoms with Crippen molar-refractivity contribution in [3.63, 3.8) is 0 Å². The largest absolute Gasteiger partial charge is 0.367 e. The third kappa shape index (κ3) is 4.19. The Kier molecular flexibility index (Phi) is 6.04. The van der Waals surface area contributed by atoms with Crippen molar-refractivity contribution in [2.45, 2.75) is 42.0 Å². The molecule has 8 nitrogen and oxygen atoms in total. The maximum Gasteiger partial charge on any atom is 0.253 e. The van der Waals surface area contributed by atoms with E-state index in [-0.39, 0.29) is 11.9 Å². The lowest BCUT2D eigenvalue weighted by Gasteiger charge is -2.35. The third-order valence-corrected chi connectivity index (χ3v) is 8.88. The summed E-state index contributed by atoms with van der Waals surface area (Å²) in [7, 11) is -3.62.